The third kappa shape index (κ3) is 4.84. The number of esters is 1. The van der Waals surface area contributed by atoms with E-state index in [2.05, 4.69) is 78.9 Å². The van der Waals surface area contributed by atoms with Crippen molar-refractivity contribution in [2.75, 3.05) is 0 Å². The fourth-order valence-corrected chi connectivity index (χ4v) is 9.01. The highest BCUT2D eigenvalue weighted by molar-refractivity contribution is 7.95. The second kappa shape index (κ2) is 10.9. The van der Waals surface area contributed by atoms with Crippen LogP contribution in [0.2, 0.25) is 5.02 Å². The van der Waals surface area contributed by atoms with Gasteiger partial charge in [-0.2, -0.15) is 0 Å². The molecule has 176 valence electrons. The summed E-state index contributed by atoms with van der Waals surface area (Å²) in [6, 6.07) is 46.8. The monoisotopic (exact) mass is 507 g/mol. The first-order valence-corrected chi connectivity index (χ1v) is 14.1. The molecule has 5 aromatic carbocycles. The van der Waals surface area contributed by atoms with Crippen LogP contribution in [0.3, 0.4) is 0 Å². The highest BCUT2D eigenvalue weighted by Crippen LogP contribution is 2.59. The van der Waals surface area contributed by atoms with Gasteiger partial charge in [0.2, 0.25) is 0 Å². The largest absolute Gasteiger partial charge is 0.422 e. The van der Waals surface area contributed by atoms with Crippen LogP contribution in [0.15, 0.2) is 140 Å². The summed E-state index contributed by atoms with van der Waals surface area (Å²) in [6.45, 7) is 0. The van der Waals surface area contributed by atoms with Gasteiger partial charge >= 0.3 is 5.97 Å². The van der Waals surface area contributed by atoms with Crippen molar-refractivity contribution in [2.24, 2.45) is 0 Å². The fraction of sp³-hybridized carbons (Fsp3) is 0.0312. The summed E-state index contributed by atoms with van der Waals surface area (Å²) in [6.07, 6.45) is 0.705. The van der Waals surface area contributed by atoms with Gasteiger partial charge in [0.25, 0.3) is 0 Å². The van der Waals surface area contributed by atoms with Crippen molar-refractivity contribution in [3.05, 3.63) is 156 Å². The van der Waals surface area contributed by atoms with Gasteiger partial charge in [0.05, 0.1) is 10.6 Å². The smallest absolute Gasteiger partial charge is 0.345 e. The van der Waals surface area contributed by atoms with E-state index in [9.17, 15) is 4.79 Å². The minimum Gasteiger partial charge on any atom is -0.422 e. The lowest BCUT2D eigenvalue weighted by atomic mass is 10.2. The zero-order valence-corrected chi connectivity index (χ0v) is 21.3. The maximum atomic E-state index is 13.1. The van der Waals surface area contributed by atoms with E-state index >= 15 is 0 Å². The fourth-order valence-electron chi connectivity index (χ4n) is 4.54. The average molecular weight is 508 g/mol. The van der Waals surface area contributed by atoms with Gasteiger partial charge in [-0.05, 0) is 54.6 Å². The van der Waals surface area contributed by atoms with Gasteiger partial charge in [-0.25, -0.2) is 4.79 Å². The molecular weight excluding hydrogens is 483 g/mol. The number of benzene rings is 5. The van der Waals surface area contributed by atoms with Crippen LogP contribution in [0.4, 0.5) is 0 Å². The molecule has 0 bridgehead atoms. The van der Waals surface area contributed by atoms with Crippen molar-refractivity contribution in [1.29, 1.82) is 0 Å². The second-order valence-corrected chi connectivity index (χ2v) is 12.3. The molecule has 0 aromatic heterocycles. The summed E-state index contributed by atoms with van der Waals surface area (Å²) >= 11 is 6.28. The lowest BCUT2D eigenvalue weighted by molar-refractivity contribution is 0.0733. The van der Waals surface area contributed by atoms with Gasteiger partial charge in [0.1, 0.15) is 35.1 Å². The number of hydrogen-bond acceptors (Lipinski definition) is 2. The van der Waals surface area contributed by atoms with Gasteiger partial charge < -0.3 is 4.74 Å². The zero-order chi connectivity index (χ0) is 24.8. The Morgan fingerprint density at radius 1 is 0.583 bits per heavy atom. The molecule has 0 N–H and O–H groups in total. The molecule has 0 radical (unpaired) electrons. The Hall–Kier alpha value is -3.71. The second-order valence-electron chi connectivity index (χ2n) is 8.45. The van der Waals surface area contributed by atoms with E-state index < -0.39 is 13.2 Å². The minimum atomic E-state index is -2.14. The summed E-state index contributed by atoms with van der Waals surface area (Å²) in [5, 5.41) is 4.19. The van der Waals surface area contributed by atoms with Crippen LogP contribution in [0.1, 0.15) is 15.9 Å². The molecule has 0 amide bonds. The molecule has 0 aliphatic rings. The molecule has 0 saturated heterocycles. The van der Waals surface area contributed by atoms with Crippen LogP contribution >= 0.6 is 18.9 Å². The topological polar surface area (TPSA) is 26.3 Å². The standard InChI is InChI=1S/C32H25ClO2P/c33-30-22-12-11-21-29(30)32(34)35-31-23-13-10-14-25(31)24-36(26-15-4-1-5-16-26,27-17-6-2-7-18-27)28-19-8-3-9-20-28/h1-23H,24H2/q+1. The molecule has 0 aliphatic carbocycles. The summed E-state index contributed by atoms with van der Waals surface area (Å²) in [7, 11) is -2.14. The zero-order valence-electron chi connectivity index (χ0n) is 19.6. The maximum absolute atomic E-state index is 13.1. The first kappa shape index (κ1) is 24.0. The Labute approximate surface area is 217 Å². The van der Waals surface area contributed by atoms with Gasteiger partial charge in [-0.3, -0.25) is 0 Å². The molecule has 4 heteroatoms. The van der Waals surface area contributed by atoms with Crippen LogP contribution in [0, 0.1) is 0 Å². The molecule has 0 spiro atoms. The number of hydrogen-bond donors (Lipinski definition) is 0. The Morgan fingerprint density at radius 3 is 1.56 bits per heavy atom. The van der Waals surface area contributed by atoms with Gasteiger partial charge in [-0.1, -0.05) is 96.5 Å². The van der Waals surface area contributed by atoms with E-state index in [0.717, 1.165) is 5.56 Å². The van der Waals surface area contributed by atoms with Crippen molar-refractivity contribution in [3.63, 3.8) is 0 Å². The molecule has 0 saturated carbocycles. The van der Waals surface area contributed by atoms with Gasteiger partial charge in [0, 0.05) is 5.56 Å². The summed E-state index contributed by atoms with van der Waals surface area (Å²) < 4.78 is 5.96. The molecule has 5 aromatic rings. The minimum absolute atomic E-state index is 0.351. The normalized spacial score (nSPS) is 11.1. The quantitative estimate of drug-likeness (QED) is 0.134. The highest BCUT2D eigenvalue weighted by atomic mass is 35.5. The van der Waals surface area contributed by atoms with Crippen molar-refractivity contribution in [3.8, 4) is 5.75 Å². The van der Waals surface area contributed by atoms with Crippen molar-refractivity contribution in [1.82, 2.24) is 0 Å². The van der Waals surface area contributed by atoms with Gasteiger partial charge in [-0.15, -0.1) is 0 Å². The molecule has 0 fully saturated rings. The predicted molar refractivity (Wildman–Crippen MR) is 152 cm³/mol. The molecule has 36 heavy (non-hydrogen) atoms. The summed E-state index contributed by atoms with van der Waals surface area (Å²) in [5.41, 5.74) is 1.33. The van der Waals surface area contributed by atoms with Crippen LogP contribution in [-0.4, -0.2) is 5.97 Å². The Balaban J connectivity index is 1.65. The predicted octanol–water partition coefficient (Wildman–Crippen LogP) is 7.05. The summed E-state index contributed by atoms with van der Waals surface area (Å²) in [5.74, 6) is 0.0886. The third-order valence-corrected chi connectivity index (χ3v) is 11.0. The summed E-state index contributed by atoms with van der Waals surface area (Å²) in [4.78, 5) is 13.1. The van der Waals surface area contributed by atoms with E-state index in [1.54, 1.807) is 24.3 Å². The van der Waals surface area contributed by atoms with Crippen molar-refractivity contribution >= 4 is 40.7 Å². The van der Waals surface area contributed by atoms with E-state index in [-0.39, 0.29) is 0 Å². The van der Waals surface area contributed by atoms with Crippen molar-refractivity contribution in [2.45, 2.75) is 6.16 Å². The van der Waals surface area contributed by atoms with Crippen LogP contribution in [-0.2, 0) is 6.16 Å². The third-order valence-electron chi connectivity index (χ3n) is 6.27. The first-order valence-electron chi connectivity index (χ1n) is 11.8. The van der Waals surface area contributed by atoms with Crippen LogP contribution in [0.5, 0.6) is 5.75 Å². The Bertz CT molecular complexity index is 1360. The molecule has 0 aliphatic heterocycles. The molecule has 0 heterocycles. The first-order chi connectivity index (χ1) is 17.7. The van der Waals surface area contributed by atoms with E-state index in [1.807, 2.05) is 36.4 Å². The molecule has 0 unspecified atom stereocenters. The number of rotatable bonds is 7. The van der Waals surface area contributed by atoms with Gasteiger partial charge in [0.15, 0.2) is 0 Å². The number of carbonyl (C=O) groups is 1. The number of ether oxygens (including phenoxy) is 1. The SMILES string of the molecule is O=C(Oc1ccccc1C[P+](c1ccccc1)(c1ccccc1)c1ccccc1)c1ccccc1Cl. The Kier molecular flexibility index (Phi) is 7.28. The van der Waals surface area contributed by atoms with E-state index in [4.69, 9.17) is 16.3 Å². The molecule has 5 rings (SSSR count). The number of halogens is 1. The van der Waals surface area contributed by atoms with E-state index in [0.29, 0.717) is 22.5 Å². The number of carbonyl (C=O) groups excluding carboxylic acids is 1. The maximum Gasteiger partial charge on any atom is 0.345 e. The molecule has 2 nitrogen and oxygen atoms in total. The van der Waals surface area contributed by atoms with E-state index in [1.165, 1.54) is 15.9 Å². The highest BCUT2D eigenvalue weighted by Gasteiger charge is 2.46. The molecular formula is C32H25ClO2P+. The Morgan fingerprint density at radius 2 is 1.03 bits per heavy atom. The number of para-hydroxylation sites is 1. The van der Waals surface area contributed by atoms with Crippen molar-refractivity contribution < 1.29 is 9.53 Å². The lowest BCUT2D eigenvalue weighted by Gasteiger charge is -2.28. The average Bonchev–Trinajstić information content (AvgIpc) is 2.94. The lowest BCUT2D eigenvalue weighted by Crippen LogP contribution is -2.32. The van der Waals surface area contributed by atoms with Crippen LogP contribution < -0.4 is 20.7 Å². The van der Waals surface area contributed by atoms with Crippen LogP contribution in [0.25, 0.3) is 0 Å². The molecule has 0 atom stereocenters.